The molecular weight excluding hydrogens is 196 g/mol. The van der Waals surface area contributed by atoms with Gasteiger partial charge in [0.05, 0.1) is 13.2 Å². The van der Waals surface area contributed by atoms with Gasteiger partial charge in [-0.2, -0.15) is 0 Å². The van der Waals surface area contributed by atoms with Gasteiger partial charge in [-0.05, 0) is 18.9 Å². The van der Waals surface area contributed by atoms with Crippen LogP contribution in [0.25, 0.3) is 0 Å². The average molecular weight is 212 g/mol. The second-order valence-electron chi connectivity index (χ2n) is 3.44. The lowest BCUT2D eigenvalue weighted by atomic mass is 9.96. The number of carbonyl (C=O) groups is 2. The molecule has 1 rings (SSSR count). The Hall–Kier alpha value is -1.16. The molecule has 0 N–H and O–H groups in total. The number of methoxy groups -OCH3 is 1. The Morgan fingerprint density at radius 3 is 2.93 bits per heavy atom. The minimum atomic E-state index is -0.565. The van der Waals surface area contributed by atoms with Crippen LogP contribution in [-0.2, 0) is 19.1 Å². The molecule has 1 aliphatic carbocycles. The Bertz CT molecular complexity index is 280. The van der Waals surface area contributed by atoms with Crippen LogP contribution in [0.1, 0.15) is 26.2 Å². The molecule has 0 saturated heterocycles. The van der Waals surface area contributed by atoms with Gasteiger partial charge in [0.1, 0.15) is 5.57 Å². The normalized spacial score (nSPS) is 21.1. The Morgan fingerprint density at radius 1 is 1.60 bits per heavy atom. The molecule has 0 fully saturated rings. The van der Waals surface area contributed by atoms with Gasteiger partial charge in [-0.3, -0.25) is 4.79 Å². The summed E-state index contributed by atoms with van der Waals surface area (Å²) in [5, 5.41) is 0. The molecular formula is C11H16O4. The van der Waals surface area contributed by atoms with Gasteiger partial charge < -0.3 is 9.47 Å². The summed E-state index contributed by atoms with van der Waals surface area (Å²) in [7, 11) is 1.27. The minimum absolute atomic E-state index is 0.128. The SMILES string of the molecule is CCCOC1C=C(C(=O)OC)C(=O)CC1. The van der Waals surface area contributed by atoms with E-state index in [9.17, 15) is 9.59 Å². The van der Waals surface area contributed by atoms with Crippen molar-refractivity contribution in [2.24, 2.45) is 0 Å². The summed E-state index contributed by atoms with van der Waals surface area (Å²) < 4.78 is 10.00. The quantitative estimate of drug-likeness (QED) is 0.519. The number of esters is 1. The van der Waals surface area contributed by atoms with Crippen molar-refractivity contribution in [3.05, 3.63) is 11.6 Å². The summed E-state index contributed by atoms with van der Waals surface area (Å²) in [5.41, 5.74) is 0.129. The van der Waals surface area contributed by atoms with Crippen molar-refractivity contribution in [3.8, 4) is 0 Å². The molecule has 1 atom stereocenters. The van der Waals surface area contributed by atoms with Gasteiger partial charge in [-0.1, -0.05) is 6.92 Å². The van der Waals surface area contributed by atoms with E-state index in [1.54, 1.807) is 6.08 Å². The van der Waals surface area contributed by atoms with E-state index in [2.05, 4.69) is 4.74 Å². The number of Topliss-reactive ketones (excluding diaryl/α,β-unsaturated/α-hetero) is 1. The molecule has 0 spiro atoms. The van der Waals surface area contributed by atoms with Crippen LogP contribution in [0.5, 0.6) is 0 Å². The van der Waals surface area contributed by atoms with E-state index in [-0.39, 0.29) is 17.5 Å². The third-order valence-electron chi connectivity index (χ3n) is 2.25. The van der Waals surface area contributed by atoms with Crippen LogP contribution in [0.4, 0.5) is 0 Å². The Kier molecular flexibility index (Phi) is 4.49. The highest BCUT2D eigenvalue weighted by molar-refractivity contribution is 6.17. The molecule has 0 bridgehead atoms. The van der Waals surface area contributed by atoms with Crippen LogP contribution in [0.2, 0.25) is 0 Å². The van der Waals surface area contributed by atoms with E-state index in [1.807, 2.05) is 6.92 Å². The molecule has 4 nitrogen and oxygen atoms in total. The standard InChI is InChI=1S/C11H16O4/c1-3-6-15-8-4-5-10(12)9(7-8)11(13)14-2/h7-8H,3-6H2,1-2H3. The van der Waals surface area contributed by atoms with E-state index in [4.69, 9.17) is 4.74 Å². The molecule has 0 aromatic rings. The fourth-order valence-corrected chi connectivity index (χ4v) is 1.46. The lowest BCUT2D eigenvalue weighted by Crippen LogP contribution is -2.25. The first kappa shape index (κ1) is 11.9. The average Bonchev–Trinajstić information content (AvgIpc) is 2.27. The maximum Gasteiger partial charge on any atom is 0.341 e. The van der Waals surface area contributed by atoms with E-state index >= 15 is 0 Å². The van der Waals surface area contributed by atoms with E-state index in [1.165, 1.54) is 7.11 Å². The Labute approximate surface area is 89.2 Å². The van der Waals surface area contributed by atoms with Crippen LogP contribution in [0.15, 0.2) is 11.6 Å². The maximum atomic E-state index is 11.4. The molecule has 4 heteroatoms. The van der Waals surface area contributed by atoms with Crippen molar-refractivity contribution in [2.45, 2.75) is 32.3 Å². The molecule has 0 aromatic heterocycles. The largest absolute Gasteiger partial charge is 0.465 e. The van der Waals surface area contributed by atoms with Crippen LogP contribution < -0.4 is 0 Å². The van der Waals surface area contributed by atoms with Crippen molar-refractivity contribution in [2.75, 3.05) is 13.7 Å². The fourth-order valence-electron chi connectivity index (χ4n) is 1.46. The number of carbonyl (C=O) groups excluding carboxylic acids is 2. The minimum Gasteiger partial charge on any atom is -0.465 e. The predicted molar refractivity (Wildman–Crippen MR) is 54.4 cm³/mol. The fraction of sp³-hybridized carbons (Fsp3) is 0.636. The number of hydrogen-bond acceptors (Lipinski definition) is 4. The highest BCUT2D eigenvalue weighted by Crippen LogP contribution is 2.18. The highest BCUT2D eigenvalue weighted by atomic mass is 16.5. The number of ether oxygens (including phenoxy) is 2. The molecule has 1 unspecified atom stereocenters. The molecule has 0 heterocycles. The van der Waals surface area contributed by atoms with Crippen LogP contribution in [-0.4, -0.2) is 31.6 Å². The lowest BCUT2D eigenvalue weighted by molar-refractivity contribution is -0.138. The molecule has 0 radical (unpaired) electrons. The van der Waals surface area contributed by atoms with Crippen LogP contribution in [0.3, 0.4) is 0 Å². The lowest BCUT2D eigenvalue weighted by Gasteiger charge is -2.19. The van der Waals surface area contributed by atoms with Crippen LogP contribution >= 0.6 is 0 Å². The summed E-state index contributed by atoms with van der Waals surface area (Å²) in [6, 6.07) is 0. The first-order chi connectivity index (χ1) is 7.19. The molecule has 0 aliphatic heterocycles. The number of hydrogen-bond donors (Lipinski definition) is 0. The monoisotopic (exact) mass is 212 g/mol. The molecule has 15 heavy (non-hydrogen) atoms. The number of ketones is 1. The predicted octanol–water partition coefficient (Wildman–Crippen LogP) is 1.24. The van der Waals surface area contributed by atoms with E-state index < -0.39 is 5.97 Å². The second kappa shape index (κ2) is 5.66. The van der Waals surface area contributed by atoms with Gasteiger partial charge in [0.25, 0.3) is 0 Å². The summed E-state index contributed by atoms with van der Waals surface area (Å²) in [5.74, 6) is -0.719. The van der Waals surface area contributed by atoms with Gasteiger partial charge in [0.2, 0.25) is 0 Å². The van der Waals surface area contributed by atoms with Gasteiger partial charge in [0, 0.05) is 13.0 Å². The highest BCUT2D eigenvalue weighted by Gasteiger charge is 2.26. The van der Waals surface area contributed by atoms with Gasteiger partial charge in [0.15, 0.2) is 5.78 Å². The van der Waals surface area contributed by atoms with Crippen molar-refractivity contribution in [3.63, 3.8) is 0 Å². The smallest absolute Gasteiger partial charge is 0.341 e. The molecule has 0 aromatic carbocycles. The van der Waals surface area contributed by atoms with E-state index in [0.29, 0.717) is 19.4 Å². The summed E-state index contributed by atoms with van der Waals surface area (Å²) >= 11 is 0. The summed E-state index contributed by atoms with van der Waals surface area (Å²) in [6.45, 7) is 2.66. The third kappa shape index (κ3) is 3.16. The van der Waals surface area contributed by atoms with Crippen molar-refractivity contribution < 1.29 is 19.1 Å². The van der Waals surface area contributed by atoms with Crippen molar-refractivity contribution >= 4 is 11.8 Å². The Balaban J connectivity index is 2.68. The van der Waals surface area contributed by atoms with Gasteiger partial charge >= 0.3 is 5.97 Å². The molecule has 0 saturated carbocycles. The summed E-state index contributed by atoms with van der Waals surface area (Å²) in [6.07, 6.45) is 3.38. The summed E-state index contributed by atoms with van der Waals surface area (Å²) in [4.78, 5) is 22.6. The third-order valence-corrected chi connectivity index (χ3v) is 2.25. The van der Waals surface area contributed by atoms with Crippen molar-refractivity contribution in [1.82, 2.24) is 0 Å². The zero-order valence-electron chi connectivity index (χ0n) is 9.12. The van der Waals surface area contributed by atoms with Crippen LogP contribution in [0, 0.1) is 0 Å². The maximum absolute atomic E-state index is 11.4. The first-order valence-corrected chi connectivity index (χ1v) is 5.14. The second-order valence-corrected chi connectivity index (χ2v) is 3.44. The van der Waals surface area contributed by atoms with E-state index in [0.717, 1.165) is 6.42 Å². The number of rotatable bonds is 4. The van der Waals surface area contributed by atoms with Gasteiger partial charge in [-0.15, -0.1) is 0 Å². The molecule has 1 aliphatic rings. The Morgan fingerprint density at radius 2 is 2.33 bits per heavy atom. The molecule has 84 valence electrons. The zero-order valence-corrected chi connectivity index (χ0v) is 9.12. The topological polar surface area (TPSA) is 52.6 Å². The molecule has 0 amide bonds. The zero-order chi connectivity index (χ0) is 11.3. The first-order valence-electron chi connectivity index (χ1n) is 5.14. The van der Waals surface area contributed by atoms with Crippen molar-refractivity contribution in [1.29, 1.82) is 0 Å². The van der Waals surface area contributed by atoms with Gasteiger partial charge in [-0.25, -0.2) is 4.79 Å².